The lowest BCUT2D eigenvalue weighted by molar-refractivity contribution is 0.0351. The molecule has 0 bridgehead atoms. The zero-order chi connectivity index (χ0) is 11.4. The van der Waals surface area contributed by atoms with Crippen LogP contribution in [0.3, 0.4) is 0 Å². The number of aryl methyl sites for hydroxylation is 1. The van der Waals surface area contributed by atoms with Crippen LogP contribution in [0.2, 0.25) is 0 Å². The zero-order valence-corrected chi connectivity index (χ0v) is 11.3. The first-order chi connectivity index (χ1) is 7.00. The van der Waals surface area contributed by atoms with Gasteiger partial charge in [0.1, 0.15) is 6.23 Å². The molecule has 0 aliphatic carbocycles. The van der Waals surface area contributed by atoms with Gasteiger partial charge in [-0.3, -0.25) is 0 Å². The smallest absolute Gasteiger partial charge is 0.125 e. The van der Waals surface area contributed by atoms with Gasteiger partial charge in [-0.2, -0.15) is 0 Å². The summed E-state index contributed by atoms with van der Waals surface area (Å²) in [6, 6.07) is 6.13. The topological polar surface area (TPSA) is 21.3 Å². The van der Waals surface area contributed by atoms with Crippen molar-refractivity contribution in [3.8, 4) is 0 Å². The number of hydrogen-bond donors (Lipinski definition) is 1. The normalized spacial score (nSPS) is 12.9. The largest absolute Gasteiger partial charge is 0.359 e. The van der Waals surface area contributed by atoms with Crippen LogP contribution in [0.1, 0.15) is 26.3 Å². The lowest BCUT2D eigenvalue weighted by atomic mass is 10.2. The number of anilines is 1. The van der Waals surface area contributed by atoms with Crippen LogP contribution in [0.15, 0.2) is 22.7 Å². The van der Waals surface area contributed by atoms with Crippen molar-refractivity contribution in [1.82, 2.24) is 0 Å². The SMILES string of the molecule is Cc1cccc(Br)c1NC(C)OC(C)C. The Balaban J connectivity index is 2.71. The van der Waals surface area contributed by atoms with E-state index in [1.807, 2.05) is 32.9 Å². The second-order valence-corrected chi connectivity index (χ2v) is 4.76. The van der Waals surface area contributed by atoms with Crippen molar-refractivity contribution in [2.45, 2.75) is 40.0 Å². The van der Waals surface area contributed by atoms with Crippen LogP contribution in [-0.2, 0) is 4.74 Å². The Morgan fingerprint density at radius 1 is 1.27 bits per heavy atom. The molecule has 15 heavy (non-hydrogen) atoms. The maximum atomic E-state index is 5.63. The summed E-state index contributed by atoms with van der Waals surface area (Å²) >= 11 is 3.52. The molecule has 1 unspecified atom stereocenters. The van der Waals surface area contributed by atoms with Gasteiger partial charge in [-0.1, -0.05) is 12.1 Å². The Kier molecular flexibility index (Phi) is 4.61. The van der Waals surface area contributed by atoms with Crippen molar-refractivity contribution in [3.63, 3.8) is 0 Å². The highest BCUT2D eigenvalue weighted by atomic mass is 79.9. The van der Waals surface area contributed by atoms with Gasteiger partial charge in [0.05, 0.1) is 11.8 Å². The molecule has 0 saturated carbocycles. The van der Waals surface area contributed by atoms with Gasteiger partial charge in [-0.25, -0.2) is 0 Å². The molecule has 2 nitrogen and oxygen atoms in total. The average Bonchev–Trinajstić information content (AvgIpc) is 2.10. The molecule has 3 heteroatoms. The summed E-state index contributed by atoms with van der Waals surface area (Å²) in [5.41, 5.74) is 2.31. The molecular formula is C12H18BrNO. The van der Waals surface area contributed by atoms with E-state index in [-0.39, 0.29) is 12.3 Å². The first-order valence-corrected chi connectivity index (χ1v) is 5.97. The van der Waals surface area contributed by atoms with Crippen molar-refractivity contribution in [3.05, 3.63) is 28.2 Å². The van der Waals surface area contributed by atoms with Crippen molar-refractivity contribution in [2.75, 3.05) is 5.32 Å². The van der Waals surface area contributed by atoms with Crippen molar-refractivity contribution in [2.24, 2.45) is 0 Å². The fourth-order valence-corrected chi connectivity index (χ4v) is 2.04. The fraction of sp³-hybridized carbons (Fsp3) is 0.500. The third kappa shape index (κ3) is 3.84. The summed E-state index contributed by atoms with van der Waals surface area (Å²) in [5.74, 6) is 0. The van der Waals surface area contributed by atoms with Gasteiger partial charge in [0.25, 0.3) is 0 Å². The van der Waals surface area contributed by atoms with Gasteiger partial charge in [0, 0.05) is 4.47 Å². The Hall–Kier alpha value is -0.540. The van der Waals surface area contributed by atoms with E-state index in [0.717, 1.165) is 10.2 Å². The molecule has 1 N–H and O–H groups in total. The number of benzene rings is 1. The van der Waals surface area contributed by atoms with E-state index in [2.05, 4.69) is 34.2 Å². The summed E-state index contributed by atoms with van der Waals surface area (Å²) in [4.78, 5) is 0. The number of hydrogen-bond acceptors (Lipinski definition) is 2. The van der Waals surface area contributed by atoms with Crippen LogP contribution in [0.25, 0.3) is 0 Å². The van der Waals surface area contributed by atoms with Gasteiger partial charge in [0.2, 0.25) is 0 Å². The van der Waals surface area contributed by atoms with Gasteiger partial charge in [0.15, 0.2) is 0 Å². The van der Waals surface area contributed by atoms with Crippen molar-refractivity contribution >= 4 is 21.6 Å². The molecule has 0 spiro atoms. The molecule has 84 valence electrons. The average molecular weight is 272 g/mol. The minimum atomic E-state index is 0.0161. The minimum absolute atomic E-state index is 0.0161. The summed E-state index contributed by atoms with van der Waals surface area (Å²) in [5, 5.41) is 3.34. The van der Waals surface area contributed by atoms with E-state index in [1.54, 1.807) is 0 Å². The first-order valence-electron chi connectivity index (χ1n) is 5.18. The number of nitrogens with one attached hydrogen (secondary N) is 1. The van der Waals surface area contributed by atoms with Gasteiger partial charge < -0.3 is 10.1 Å². The number of ether oxygens (including phenoxy) is 1. The van der Waals surface area contributed by atoms with Crippen molar-refractivity contribution in [1.29, 1.82) is 0 Å². The summed E-state index contributed by atoms with van der Waals surface area (Å²) < 4.78 is 6.70. The van der Waals surface area contributed by atoms with E-state index in [0.29, 0.717) is 0 Å². The molecule has 0 fully saturated rings. The lowest BCUT2D eigenvalue weighted by Gasteiger charge is -2.20. The van der Waals surface area contributed by atoms with Crippen LogP contribution >= 0.6 is 15.9 Å². The van der Waals surface area contributed by atoms with Crippen LogP contribution in [0.5, 0.6) is 0 Å². The molecule has 1 atom stereocenters. The molecule has 0 radical (unpaired) electrons. The fourth-order valence-electron chi connectivity index (χ4n) is 1.46. The number of halogens is 1. The maximum Gasteiger partial charge on any atom is 0.125 e. The summed E-state index contributed by atoms with van der Waals surface area (Å²) in [6.07, 6.45) is 0.248. The minimum Gasteiger partial charge on any atom is -0.359 e. The highest BCUT2D eigenvalue weighted by molar-refractivity contribution is 9.10. The Morgan fingerprint density at radius 2 is 1.93 bits per heavy atom. The zero-order valence-electron chi connectivity index (χ0n) is 9.67. The van der Waals surface area contributed by atoms with E-state index >= 15 is 0 Å². The molecule has 1 aromatic rings. The molecule has 0 heterocycles. The molecule has 0 aromatic heterocycles. The lowest BCUT2D eigenvalue weighted by Crippen LogP contribution is -2.23. The monoisotopic (exact) mass is 271 g/mol. The van der Waals surface area contributed by atoms with Crippen LogP contribution < -0.4 is 5.32 Å². The van der Waals surface area contributed by atoms with Crippen LogP contribution in [-0.4, -0.2) is 12.3 Å². The second kappa shape index (κ2) is 5.52. The molecule has 1 rings (SSSR count). The summed E-state index contributed by atoms with van der Waals surface area (Å²) in [7, 11) is 0. The molecule has 0 saturated heterocycles. The standard InChI is InChI=1S/C12H18BrNO/c1-8(2)15-10(4)14-12-9(3)6-5-7-11(12)13/h5-8,10,14H,1-4H3. The van der Waals surface area contributed by atoms with Crippen molar-refractivity contribution < 1.29 is 4.74 Å². The third-order valence-corrected chi connectivity index (χ3v) is 2.71. The third-order valence-electron chi connectivity index (χ3n) is 2.05. The quantitative estimate of drug-likeness (QED) is 0.838. The molecule has 0 aliphatic heterocycles. The van der Waals surface area contributed by atoms with Gasteiger partial charge >= 0.3 is 0 Å². The van der Waals surface area contributed by atoms with E-state index in [4.69, 9.17) is 4.74 Å². The number of para-hydroxylation sites is 1. The predicted molar refractivity (Wildman–Crippen MR) is 68.2 cm³/mol. The number of rotatable bonds is 4. The highest BCUT2D eigenvalue weighted by Gasteiger charge is 2.08. The summed E-state index contributed by atoms with van der Waals surface area (Å²) in [6.45, 7) is 8.16. The molecule has 0 amide bonds. The Morgan fingerprint density at radius 3 is 2.47 bits per heavy atom. The van der Waals surface area contributed by atoms with Crippen LogP contribution in [0.4, 0.5) is 5.69 Å². The maximum absolute atomic E-state index is 5.63. The van der Waals surface area contributed by atoms with Gasteiger partial charge in [-0.05, 0) is 55.3 Å². The Bertz CT molecular complexity index is 305. The second-order valence-electron chi connectivity index (χ2n) is 3.90. The highest BCUT2D eigenvalue weighted by Crippen LogP contribution is 2.26. The van der Waals surface area contributed by atoms with Gasteiger partial charge in [-0.15, -0.1) is 0 Å². The molecule has 0 aliphatic rings. The molecule has 1 aromatic carbocycles. The Labute approximate surface area is 100 Å². The van der Waals surface area contributed by atoms with E-state index in [9.17, 15) is 0 Å². The predicted octanol–water partition coefficient (Wildman–Crippen LogP) is 3.94. The van der Waals surface area contributed by atoms with Crippen LogP contribution in [0, 0.1) is 6.92 Å². The first kappa shape index (κ1) is 12.5. The van der Waals surface area contributed by atoms with E-state index in [1.165, 1.54) is 5.56 Å². The van der Waals surface area contributed by atoms with E-state index < -0.39 is 0 Å². The molecular weight excluding hydrogens is 254 g/mol.